The zero-order valence-corrected chi connectivity index (χ0v) is 8.13. The molecule has 5 heteroatoms. The van der Waals surface area contributed by atoms with E-state index in [4.69, 9.17) is 15.6 Å². The fourth-order valence-electron chi connectivity index (χ4n) is 0.513. The molecule has 1 aromatic carbocycles. The lowest BCUT2D eigenvalue weighted by Crippen LogP contribution is -3.98. The van der Waals surface area contributed by atoms with Crippen molar-refractivity contribution in [2.24, 2.45) is 0 Å². The Labute approximate surface area is 78.7 Å². The second-order valence-corrected chi connectivity index (χ2v) is 2.83. The molecule has 0 radical (unpaired) electrons. The Kier molecular flexibility index (Phi) is 6.60. The van der Waals surface area contributed by atoms with Gasteiger partial charge in [-0.3, -0.25) is 0 Å². The van der Waals surface area contributed by atoms with E-state index in [0.29, 0.717) is 5.56 Å². The molecule has 1 N–H and O–H groups in total. The maximum atomic E-state index is 8.68. The van der Waals surface area contributed by atoms with Crippen LogP contribution in [0.5, 0.6) is 0 Å². The Balaban J connectivity index is 0.000000261. The molecule has 0 heterocycles. The number of hydrogen-bond acceptors (Lipinski definition) is 4. The second-order valence-electron chi connectivity index (χ2n) is 1.68. The zero-order valence-electron chi connectivity index (χ0n) is 5.98. The molecule has 0 aromatic heterocycles. The number of nitriles is 1. The van der Waals surface area contributed by atoms with Crippen LogP contribution in [0.25, 0.3) is 0 Å². The van der Waals surface area contributed by atoms with Gasteiger partial charge in [-0.1, -0.05) is 18.2 Å². The maximum Gasteiger partial charge on any atom is 0.503 e. The quantitative estimate of drug-likeness (QED) is 0.486. The first-order valence-corrected chi connectivity index (χ1v) is 5.59. The minimum atomic E-state index is -3.76. The first-order chi connectivity index (χ1) is 5.66. The zero-order chi connectivity index (χ0) is 9.40. The summed E-state index contributed by atoms with van der Waals surface area (Å²) in [6, 6.07) is 11.2. The third kappa shape index (κ3) is 7.43. The van der Waals surface area contributed by atoms with Gasteiger partial charge in [-0.15, -0.1) is 0 Å². The summed E-state index contributed by atoms with van der Waals surface area (Å²) in [5.74, 6) is 0. The maximum absolute atomic E-state index is 8.68. The average molecular weight is 279 g/mol. The summed E-state index contributed by atoms with van der Waals surface area (Å²) >= 11 is -3.76. The van der Waals surface area contributed by atoms with E-state index in [1.54, 1.807) is 12.1 Å². The third-order valence-corrected chi connectivity index (χ3v) is 0.903. The molecule has 1 aromatic rings. The number of nitrogens with zero attached hydrogens (tertiary/aromatic N) is 1. The van der Waals surface area contributed by atoms with Gasteiger partial charge in [0.2, 0.25) is 0 Å². The molecule has 0 saturated heterocycles. The predicted molar refractivity (Wildman–Crippen MR) is 33.4 cm³/mol. The van der Waals surface area contributed by atoms with E-state index in [0.717, 1.165) is 0 Å². The van der Waals surface area contributed by atoms with Crippen LogP contribution in [0.1, 0.15) is 5.56 Å². The van der Waals surface area contributed by atoms with Crippen LogP contribution in [0.2, 0.25) is 0 Å². The van der Waals surface area contributed by atoms with Gasteiger partial charge in [0.15, 0.2) is 0 Å². The lowest BCUT2D eigenvalue weighted by atomic mass is 10.2. The van der Waals surface area contributed by atoms with Crippen LogP contribution >= 0.6 is 0 Å². The van der Waals surface area contributed by atoms with E-state index < -0.39 is 21.1 Å². The smallest absolute Gasteiger partial charge is 0.396 e. The highest BCUT2D eigenvalue weighted by Gasteiger charge is 1.89. The van der Waals surface area contributed by atoms with E-state index in [-0.39, 0.29) is 0 Å². The fourth-order valence-corrected chi connectivity index (χ4v) is 0.513. The van der Waals surface area contributed by atoms with E-state index in [9.17, 15) is 0 Å². The molecule has 12 heavy (non-hydrogen) atoms. The Bertz CT molecular complexity index is 242. The average Bonchev–Trinajstić information content (AvgIpc) is 2.05. The van der Waals surface area contributed by atoms with Crippen molar-refractivity contribution >= 4 is 0 Å². The van der Waals surface area contributed by atoms with Gasteiger partial charge in [0.25, 0.3) is 0 Å². The molecule has 0 spiro atoms. The number of hydrogen-bond donors (Lipinski definition) is 1. The van der Waals surface area contributed by atoms with Crippen LogP contribution in [-0.4, -0.2) is 3.44 Å². The largest absolute Gasteiger partial charge is 0.503 e. The molecule has 0 aliphatic rings. The lowest BCUT2D eigenvalue weighted by molar-refractivity contribution is -1.63. The molecule has 0 unspecified atom stereocenters. The third-order valence-electron chi connectivity index (χ3n) is 0.903. The van der Waals surface area contributed by atoms with Crippen LogP contribution in [0.15, 0.2) is 30.3 Å². The van der Waals surface area contributed by atoms with Crippen molar-refractivity contribution in [2.45, 2.75) is 0 Å². The van der Waals surface area contributed by atoms with E-state index in [1.807, 2.05) is 24.3 Å². The lowest BCUT2D eigenvalue weighted by Gasteiger charge is -1.80. The summed E-state index contributed by atoms with van der Waals surface area (Å²) in [7, 11) is 0. The van der Waals surface area contributed by atoms with Crippen LogP contribution in [0.4, 0.5) is 0 Å². The SMILES string of the molecule is N#Cc1ccccc1.[O-][I+2]([O-])O. The van der Waals surface area contributed by atoms with E-state index >= 15 is 0 Å². The van der Waals surface area contributed by atoms with Gasteiger partial charge in [0.1, 0.15) is 0 Å². The Morgan fingerprint density at radius 1 is 1.25 bits per heavy atom. The molecule has 64 valence electrons. The Morgan fingerprint density at radius 3 is 1.92 bits per heavy atom. The summed E-state index contributed by atoms with van der Waals surface area (Å²) in [5.41, 5.74) is 0.715. The van der Waals surface area contributed by atoms with Gasteiger partial charge in [-0.05, 0) is 15.6 Å². The summed E-state index contributed by atoms with van der Waals surface area (Å²) in [5, 5.41) is 8.29. The monoisotopic (exact) mass is 279 g/mol. The summed E-state index contributed by atoms with van der Waals surface area (Å²) < 4.78 is 24.5. The van der Waals surface area contributed by atoms with Crippen molar-refractivity contribution in [2.75, 3.05) is 0 Å². The molecular weight excluding hydrogens is 273 g/mol. The molecule has 0 aliphatic carbocycles. The molecule has 0 saturated carbocycles. The minimum Gasteiger partial charge on any atom is -0.396 e. The highest BCUT2D eigenvalue weighted by molar-refractivity contribution is 5.27. The summed E-state index contributed by atoms with van der Waals surface area (Å²) in [4.78, 5) is 0. The minimum absolute atomic E-state index is 0.715. The van der Waals surface area contributed by atoms with Crippen molar-refractivity contribution in [1.29, 1.82) is 5.26 Å². The van der Waals surface area contributed by atoms with Crippen molar-refractivity contribution < 1.29 is 31.4 Å². The van der Waals surface area contributed by atoms with Gasteiger partial charge in [-0.25, -0.2) is 0 Å². The van der Waals surface area contributed by atoms with E-state index in [1.165, 1.54) is 0 Å². The topological polar surface area (TPSA) is 90.1 Å². The van der Waals surface area contributed by atoms with Crippen LogP contribution < -0.4 is 27.9 Å². The highest BCUT2D eigenvalue weighted by atomic mass is 127. The number of rotatable bonds is 0. The Hall–Kier alpha value is -0.680. The van der Waals surface area contributed by atoms with Gasteiger partial charge in [0.05, 0.1) is 11.6 Å². The first kappa shape index (κ1) is 11.3. The highest BCUT2D eigenvalue weighted by Crippen LogP contribution is 1.92. The number of halogens is 1. The number of benzene rings is 1. The van der Waals surface area contributed by atoms with Gasteiger partial charge >= 0.3 is 21.1 Å². The van der Waals surface area contributed by atoms with Crippen LogP contribution in [0, 0.1) is 11.3 Å². The Morgan fingerprint density at radius 2 is 1.67 bits per heavy atom. The molecule has 4 nitrogen and oxygen atoms in total. The van der Waals surface area contributed by atoms with Gasteiger partial charge < -0.3 is 6.87 Å². The van der Waals surface area contributed by atoms with Crippen LogP contribution in [0.3, 0.4) is 0 Å². The van der Waals surface area contributed by atoms with Crippen molar-refractivity contribution in [3.8, 4) is 6.07 Å². The molecule has 0 bridgehead atoms. The summed E-state index contributed by atoms with van der Waals surface area (Å²) in [6.45, 7) is 0. The normalized spacial score (nSPS) is 8.25. The van der Waals surface area contributed by atoms with Crippen molar-refractivity contribution in [1.82, 2.24) is 0 Å². The van der Waals surface area contributed by atoms with Crippen molar-refractivity contribution in [3.05, 3.63) is 35.9 Å². The first-order valence-electron chi connectivity index (χ1n) is 2.86. The predicted octanol–water partition coefficient (Wildman–Crippen LogP) is -4.37. The summed E-state index contributed by atoms with van der Waals surface area (Å²) in [6.07, 6.45) is 0. The molecular formula is C7H6INO3. The molecule has 1 rings (SSSR count). The molecule has 0 amide bonds. The molecule has 0 aliphatic heterocycles. The van der Waals surface area contributed by atoms with Gasteiger partial charge in [0, 0.05) is 0 Å². The van der Waals surface area contributed by atoms with Crippen molar-refractivity contribution in [3.63, 3.8) is 0 Å². The second kappa shape index (κ2) is 7.00. The molecule has 0 atom stereocenters. The van der Waals surface area contributed by atoms with Gasteiger partial charge in [-0.2, -0.15) is 5.26 Å². The van der Waals surface area contributed by atoms with Crippen LogP contribution in [-0.2, 0) is 0 Å². The standard InChI is InChI=1S/C7H5N.HIO3/c8-6-7-4-2-1-3-5-7;2-1(3)4/h1-5H;2H. The molecule has 0 fully saturated rings. The van der Waals surface area contributed by atoms with E-state index in [2.05, 4.69) is 0 Å². The fraction of sp³-hybridized carbons (Fsp3) is 0.